The second-order valence-electron chi connectivity index (χ2n) is 23.5. The van der Waals surface area contributed by atoms with Crippen LogP contribution in [-0.2, 0) is 18.4 Å². The summed E-state index contributed by atoms with van der Waals surface area (Å²) in [5.41, 5.74) is 0. The van der Waals surface area contributed by atoms with Gasteiger partial charge in [-0.1, -0.05) is 305 Å². The second-order valence-corrected chi connectivity index (χ2v) is 24.9. The van der Waals surface area contributed by atoms with Crippen molar-refractivity contribution in [3.8, 4) is 0 Å². The molecule has 1 amide bonds. The van der Waals surface area contributed by atoms with E-state index in [1.165, 1.54) is 212 Å². The smallest absolute Gasteiger partial charge is 0.387 e. The van der Waals surface area contributed by atoms with Gasteiger partial charge in [-0.2, -0.15) is 0 Å². The Labute approximate surface area is 478 Å². The first kappa shape index (κ1) is 74.9. The van der Waals surface area contributed by atoms with E-state index in [1.807, 2.05) is 27.2 Å². The number of carbonyl (C=O) groups excluding carboxylic acids is 1. The molecular weight excluding hydrogens is 972 g/mol. The highest BCUT2D eigenvalue weighted by molar-refractivity contribution is 7.47. The third-order valence-corrected chi connectivity index (χ3v) is 15.7. The zero-order valence-corrected chi connectivity index (χ0v) is 52.3. The molecule has 0 spiro atoms. The minimum absolute atomic E-state index is 0.0589. The van der Waals surface area contributed by atoms with Crippen molar-refractivity contribution in [1.29, 1.82) is 0 Å². The van der Waals surface area contributed by atoms with Gasteiger partial charge in [-0.3, -0.25) is 13.8 Å². The number of phosphoric acid groups is 1. The fourth-order valence-corrected chi connectivity index (χ4v) is 10.3. The maximum atomic E-state index is 13.0. The molecule has 9 heteroatoms. The van der Waals surface area contributed by atoms with Crippen LogP contribution in [0.5, 0.6) is 0 Å². The summed E-state index contributed by atoms with van der Waals surface area (Å²) >= 11 is 0. The molecule has 0 aromatic carbocycles. The van der Waals surface area contributed by atoms with Crippen molar-refractivity contribution in [2.75, 3.05) is 40.9 Å². The summed E-state index contributed by atoms with van der Waals surface area (Å²) in [6.07, 6.45) is 81.7. The van der Waals surface area contributed by atoms with Crippen molar-refractivity contribution in [1.82, 2.24) is 5.32 Å². The summed E-state index contributed by atoms with van der Waals surface area (Å²) in [5.74, 6) is -0.179. The van der Waals surface area contributed by atoms with Gasteiger partial charge in [0, 0.05) is 6.42 Å². The van der Waals surface area contributed by atoms with E-state index in [0.717, 1.165) is 70.6 Å². The van der Waals surface area contributed by atoms with Gasteiger partial charge in [0.2, 0.25) is 5.91 Å². The first-order valence-electron chi connectivity index (χ1n) is 32.8. The number of likely N-dealkylation sites (N-methyl/N-ethyl adjacent to an activating group) is 1. The maximum Gasteiger partial charge on any atom is 0.472 e. The van der Waals surface area contributed by atoms with Crippen LogP contribution < -0.4 is 5.32 Å². The first-order chi connectivity index (χ1) is 37.5. The molecule has 3 N–H and O–H groups in total. The van der Waals surface area contributed by atoms with Gasteiger partial charge < -0.3 is 19.8 Å². The molecule has 0 bridgehead atoms. The molecule has 0 aliphatic rings. The number of phosphoric ester groups is 1. The van der Waals surface area contributed by atoms with Gasteiger partial charge in [0.1, 0.15) is 13.2 Å². The zero-order chi connectivity index (χ0) is 56.3. The van der Waals surface area contributed by atoms with Gasteiger partial charge in [-0.15, -0.1) is 0 Å². The first-order valence-corrected chi connectivity index (χ1v) is 34.3. The Morgan fingerprint density at radius 2 is 0.779 bits per heavy atom. The number of aliphatic hydroxyl groups is 1. The second kappa shape index (κ2) is 58.6. The van der Waals surface area contributed by atoms with E-state index in [0.29, 0.717) is 17.4 Å². The molecule has 0 aliphatic carbocycles. The Bertz CT molecular complexity index is 1480. The number of nitrogens with one attached hydrogen (secondary N) is 1. The van der Waals surface area contributed by atoms with Gasteiger partial charge >= 0.3 is 7.82 Å². The van der Waals surface area contributed by atoms with Gasteiger partial charge in [0.05, 0.1) is 39.9 Å². The van der Waals surface area contributed by atoms with E-state index in [4.69, 9.17) is 9.05 Å². The molecule has 3 atom stereocenters. The van der Waals surface area contributed by atoms with Crippen LogP contribution in [-0.4, -0.2) is 73.4 Å². The molecule has 8 nitrogen and oxygen atoms in total. The fourth-order valence-electron chi connectivity index (χ4n) is 9.60. The topological polar surface area (TPSA) is 105 Å². The van der Waals surface area contributed by atoms with Crippen LogP contribution in [0.4, 0.5) is 0 Å². The highest BCUT2D eigenvalue weighted by Crippen LogP contribution is 2.43. The van der Waals surface area contributed by atoms with Crippen LogP contribution in [0, 0.1) is 0 Å². The minimum atomic E-state index is -4.36. The number of amides is 1. The van der Waals surface area contributed by atoms with E-state index in [9.17, 15) is 19.4 Å². The molecule has 0 radical (unpaired) electrons. The van der Waals surface area contributed by atoms with Crippen molar-refractivity contribution in [2.45, 2.75) is 315 Å². The maximum absolute atomic E-state index is 13.0. The molecular formula is C68H128N2O6P+. The predicted octanol–water partition coefficient (Wildman–Crippen LogP) is 20.6. The molecule has 0 saturated heterocycles. The highest BCUT2D eigenvalue weighted by Gasteiger charge is 2.28. The van der Waals surface area contributed by atoms with Gasteiger partial charge in [-0.25, -0.2) is 4.57 Å². The van der Waals surface area contributed by atoms with Gasteiger partial charge in [0.25, 0.3) is 0 Å². The average Bonchev–Trinajstić information content (AvgIpc) is 3.39. The standard InChI is InChI=1S/C68H127N2O6P/c1-6-8-10-12-14-16-18-20-22-24-26-28-30-32-34-36-37-39-41-43-45-47-49-51-53-55-57-59-61-67(71)66(65-76-77(73,74)75-64-63-70(3,4)5)69-68(72)62-60-58-56-54-52-50-48-46-44-42-40-38-35-33-31-29-27-25-23-21-19-17-15-13-11-9-7-2/h9,11,15,17,21,23,27,29,33,35,59,61,66-67,71H,6-8,10,12-14,16,18-20,22,24-26,28,30-32,34,36-58,60,62-65H2,1-5H3,(H-,69,72,73,74)/p+1/b11-9-,17-15-,23-21-,29-27-,35-33-,61-59+. The summed E-state index contributed by atoms with van der Waals surface area (Å²) in [6.45, 7) is 4.73. The van der Waals surface area contributed by atoms with Crippen molar-refractivity contribution in [2.24, 2.45) is 0 Å². The largest absolute Gasteiger partial charge is 0.472 e. The molecule has 0 rings (SSSR count). The Morgan fingerprint density at radius 3 is 1.14 bits per heavy atom. The van der Waals surface area contributed by atoms with E-state index in [-0.39, 0.29) is 19.1 Å². The molecule has 77 heavy (non-hydrogen) atoms. The normalized spacial score (nSPS) is 14.2. The monoisotopic (exact) mass is 1100 g/mol. The molecule has 0 heterocycles. The lowest BCUT2D eigenvalue weighted by molar-refractivity contribution is -0.870. The summed E-state index contributed by atoms with van der Waals surface area (Å²) in [4.78, 5) is 23.4. The van der Waals surface area contributed by atoms with Gasteiger partial charge in [0.15, 0.2) is 0 Å². The van der Waals surface area contributed by atoms with Gasteiger partial charge in [-0.05, 0) is 64.2 Å². The number of hydrogen-bond acceptors (Lipinski definition) is 5. The van der Waals surface area contributed by atoms with Crippen LogP contribution in [0.3, 0.4) is 0 Å². The number of rotatable bonds is 60. The van der Waals surface area contributed by atoms with Crippen LogP contribution >= 0.6 is 7.82 Å². The third-order valence-electron chi connectivity index (χ3n) is 14.7. The van der Waals surface area contributed by atoms with Crippen LogP contribution in [0.1, 0.15) is 303 Å². The predicted molar refractivity (Wildman–Crippen MR) is 337 cm³/mol. The minimum Gasteiger partial charge on any atom is -0.387 e. The third kappa shape index (κ3) is 61.4. The Hall–Kier alpha value is -2.06. The molecule has 0 fully saturated rings. The molecule has 0 aromatic rings. The van der Waals surface area contributed by atoms with Crippen molar-refractivity contribution < 1.29 is 32.9 Å². The van der Waals surface area contributed by atoms with E-state index >= 15 is 0 Å². The Morgan fingerprint density at radius 1 is 0.455 bits per heavy atom. The quantitative estimate of drug-likeness (QED) is 0.0243. The van der Waals surface area contributed by atoms with Crippen LogP contribution in [0.25, 0.3) is 0 Å². The lowest BCUT2D eigenvalue weighted by Crippen LogP contribution is -2.45. The average molecular weight is 1100 g/mol. The molecule has 3 unspecified atom stereocenters. The lowest BCUT2D eigenvalue weighted by atomic mass is 10.0. The number of aliphatic hydroxyl groups excluding tert-OH is 1. The van der Waals surface area contributed by atoms with E-state index in [1.54, 1.807) is 6.08 Å². The molecule has 0 saturated carbocycles. The summed E-state index contributed by atoms with van der Waals surface area (Å²) in [6, 6.07) is -0.854. The lowest BCUT2D eigenvalue weighted by Gasteiger charge is -2.25. The number of quaternary nitrogens is 1. The van der Waals surface area contributed by atoms with Crippen molar-refractivity contribution >= 4 is 13.7 Å². The van der Waals surface area contributed by atoms with Crippen LogP contribution in [0.15, 0.2) is 72.9 Å². The molecule has 0 aliphatic heterocycles. The SMILES string of the molecule is CC/C=C\C/C=C\C/C=C\C/C=C\C/C=C\CCCCCCCCCCCCCC(=O)NC(COP(=O)(O)OCC[N+](C)(C)C)C(O)/C=C/CCCCCCCCCCCCCCCCCCCCCCCCCCCC. The summed E-state index contributed by atoms with van der Waals surface area (Å²) in [5, 5.41) is 14.0. The Balaban J connectivity index is 4.14. The van der Waals surface area contributed by atoms with E-state index in [2.05, 4.69) is 79.9 Å². The molecule has 0 aromatic heterocycles. The summed E-state index contributed by atoms with van der Waals surface area (Å²) in [7, 11) is 1.57. The number of hydrogen-bond donors (Lipinski definition) is 3. The summed E-state index contributed by atoms with van der Waals surface area (Å²) < 4.78 is 23.8. The number of carbonyl (C=O) groups is 1. The van der Waals surface area contributed by atoms with E-state index < -0.39 is 20.0 Å². The van der Waals surface area contributed by atoms with Crippen LogP contribution in [0.2, 0.25) is 0 Å². The Kier molecular flexibility index (Phi) is 57.0. The molecule has 450 valence electrons. The number of allylic oxidation sites excluding steroid dienone is 11. The zero-order valence-electron chi connectivity index (χ0n) is 51.4. The van der Waals surface area contributed by atoms with Crippen molar-refractivity contribution in [3.63, 3.8) is 0 Å². The number of unbranched alkanes of at least 4 members (excludes halogenated alkanes) is 37. The number of nitrogens with zero attached hydrogens (tertiary/aromatic N) is 1. The highest BCUT2D eigenvalue weighted by atomic mass is 31.2. The fraction of sp³-hybridized carbons (Fsp3) is 0.809. The van der Waals surface area contributed by atoms with Crippen molar-refractivity contribution in [3.05, 3.63) is 72.9 Å².